The van der Waals surface area contributed by atoms with Gasteiger partial charge in [-0.2, -0.15) is 0 Å². The van der Waals surface area contributed by atoms with E-state index in [1.54, 1.807) is 18.3 Å². The highest BCUT2D eigenvalue weighted by Crippen LogP contribution is 2.24. The van der Waals surface area contributed by atoms with Crippen molar-refractivity contribution >= 4 is 17.8 Å². The fourth-order valence-corrected chi connectivity index (χ4v) is 1.60. The van der Waals surface area contributed by atoms with Crippen LogP contribution in [0, 0.1) is 6.92 Å². The first-order chi connectivity index (χ1) is 8.00. The lowest BCUT2D eigenvalue weighted by Gasteiger charge is -2.06. The van der Waals surface area contributed by atoms with Gasteiger partial charge in [-0.05, 0) is 51.7 Å². The Hall–Kier alpha value is -1.06. The number of aliphatic imine (C=N–C) groups is 1. The highest BCUT2D eigenvalue weighted by molar-refractivity contribution is 6.31. The van der Waals surface area contributed by atoms with Gasteiger partial charge in [0.1, 0.15) is 5.75 Å². The van der Waals surface area contributed by atoms with Crippen molar-refractivity contribution in [1.82, 2.24) is 4.90 Å². The SMILES string of the molecule is Cc1cc(O)c(C=NCCCN(C)C)cc1Cl. The molecule has 94 valence electrons. The van der Waals surface area contributed by atoms with Crippen molar-refractivity contribution in [2.45, 2.75) is 13.3 Å². The van der Waals surface area contributed by atoms with Crippen LogP contribution >= 0.6 is 11.6 Å². The minimum Gasteiger partial charge on any atom is -0.507 e. The number of aryl methyl sites for hydroxylation is 1. The largest absolute Gasteiger partial charge is 0.507 e. The van der Waals surface area contributed by atoms with Crippen molar-refractivity contribution in [3.8, 4) is 5.75 Å². The zero-order valence-electron chi connectivity index (χ0n) is 10.6. The van der Waals surface area contributed by atoms with Crippen LogP contribution < -0.4 is 0 Å². The summed E-state index contributed by atoms with van der Waals surface area (Å²) in [7, 11) is 4.07. The maximum absolute atomic E-state index is 9.70. The van der Waals surface area contributed by atoms with Crippen LogP contribution in [-0.2, 0) is 0 Å². The summed E-state index contributed by atoms with van der Waals surface area (Å²) in [5.74, 6) is 0.225. The summed E-state index contributed by atoms with van der Waals surface area (Å²) in [4.78, 5) is 6.40. The minimum absolute atomic E-state index is 0.225. The van der Waals surface area contributed by atoms with E-state index < -0.39 is 0 Å². The molecule has 0 aliphatic rings. The summed E-state index contributed by atoms with van der Waals surface area (Å²) in [5, 5.41) is 10.4. The second-order valence-corrected chi connectivity index (χ2v) is 4.76. The van der Waals surface area contributed by atoms with Gasteiger partial charge in [-0.15, -0.1) is 0 Å². The molecular weight excluding hydrogens is 236 g/mol. The zero-order chi connectivity index (χ0) is 12.8. The van der Waals surface area contributed by atoms with E-state index in [-0.39, 0.29) is 5.75 Å². The second kappa shape index (κ2) is 6.62. The number of hydrogen-bond acceptors (Lipinski definition) is 3. The summed E-state index contributed by atoms with van der Waals surface area (Å²) < 4.78 is 0. The van der Waals surface area contributed by atoms with Gasteiger partial charge in [0.2, 0.25) is 0 Å². The predicted molar refractivity (Wildman–Crippen MR) is 73.5 cm³/mol. The fourth-order valence-electron chi connectivity index (χ4n) is 1.43. The van der Waals surface area contributed by atoms with E-state index in [0.717, 1.165) is 25.1 Å². The summed E-state index contributed by atoms with van der Waals surface area (Å²) >= 11 is 5.99. The smallest absolute Gasteiger partial charge is 0.124 e. The molecule has 1 aromatic rings. The summed E-state index contributed by atoms with van der Waals surface area (Å²) in [6.07, 6.45) is 2.68. The lowest BCUT2D eigenvalue weighted by molar-refractivity contribution is 0.403. The predicted octanol–water partition coefficient (Wildman–Crippen LogP) is 2.72. The van der Waals surface area contributed by atoms with Gasteiger partial charge >= 0.3 is 0 Å². The Balaban J connectivity index is 2.56. The van der Waals surface area contributed by atoms with Crippen molar-refractivity contribution < 1.29 is 5.11 Å². The van der Waals surface area contributed by atoms with E-state index in [2.05, 4.69) is 9.89 Å². The molecule has 0 radical (unpaired) electrons. The Kier molecular flexibility index (Phi) is 5.45. The van der Waals surface area contributed by atoms with Gasteiger partial charge in [-0.25, -0.2) is 0 Å². The molecular formula is C13H19ClN2O. The molecule has 0 amide bonds. The van der Waals surface area contributed by atoms with Crippen molar-refractivity contribution in [3.63, 3.8) is 0 Å². The molecule has 0 atom stereocenters. The van der Waals surface area contributed by atoms with Gasteiger partial charge in [-0.3, -0.25) is 4.99 Å². The van der Waals surface area contributed by atoms with Crippen LogP contribution in [0.25, 0.3) is 0 Å². The van der Waals surface area contributed by atoms with Crippen LogP contribution in [0.1, 0.15) is 17.5 Å². The van der Waals surface area contributed by atoms with Crippen LogP contribution in [0.2, 0.25) is 5.02 Å². The molecule has 0 fully saturated rings. The zero-order valence-corrected chi connectivity index (χ0v) is 11.3. The highest BCUT2D eigenvalue weighted by atomic mass is 35.5. The molecule has 4 heteroatoms. The standard InChI is InChI=1S/C13H19ClN2O/c1-10-7-13(17)11(8-12(10)14)9-15-5-4-6-16(2)3/h7-9,17H,4-6H2,1-3H3. The van der Waals surface area contributed by atoms with Crippen molar-refractivity contribution in [2.75, 3.05) is 27.2 Å². The number of phenols is 1. The van der Waals surface area contributed by atoms with Crippen LogP contribution in [0.5, 0.6) is 5.75 Å². The number of phenolic OH excluding ortho intramolecular Hbond substituents is 1. The summed E-state index contributed by atoms with van der Waals surface area (Å²) in [6.45, 7) is 3.63. The Morgan fingerprint density at radius 2 is 2.12 bits per heavy atom. The van der Waals surface area contributed by atoms with Gasteiger partial charge in [0.15, 0.2) is 0 Å². The molecule has 1 aromatic carbocycles. The molecule has 0 spiro atoms. The highest BCUT2D eigenvalue weighted by Gasteiger charge is 2.02. The second-order valence-electron chi connectivity index (χ2n) is 4.35. The number of benzene rings is 1. The van der Waals surface area contributed by atoms with Gasteiger partial charge in [0.25, 0.3) is 0 Å². The fraction of sp³-hybridized carbons (Fsp3) is 0.462. The molecule has 0 saturated heterocycles. The van der Waals surface area contributed by atoms with E-state index in [0.29, 0.717) is 10.6 Å². The molecule has 0 heterocycles. The topological polar surface area (TPSA) is 35.8 Å². The van der Waals surface area contributed by atoms with Crippen LogP contribution in [0.4, 0.5) is 0 Å². The number of nitrogens with zero attached hydrogens (tertiary/aromatic N) is 2. The first-order valence-corrected chi connectivity index (χ1v) is 6.02. The average Bonchev–Trinajstić information content (AvgIpc) is 2.24. The number of hydrogen-bond donors (Lipinski definition) is 1. The molecule has 0 aromatic heterocycles. The lowest BCUT2D eigenvalue weighted by atomic mass is 10.1. The maximum Gasteiger partial charge on any atom is 0.124 e. The molecule has 3 nitrogen and oxygen atoms in total. The molecule has 0 aliphatic carbocycles. The van der Waals surface area contributed by atoms with Gasteiger partial charge in [-0.1, -0.05) is 11.6 Å². The number of halogens is 1. The molecule has 0 unspecified atom stereocenters. The lowest BCUT2D eigenvalue weighted by Crippen LogP contribution is -2.13. The molecule has 0 aliphatic heterocycles. The summed E-state index contributed by atoms with van der Waals surface area (Å²) in [6, 6.07) is 3.39. The van der Waals surface area contributed by atoms with Crippen LogP contribution in [0.15, 0.2) is 17.1 Å². The van der Waals surface area contributed by atoms with Gasteiger partial charge < -0.3 is 10.0 Å². The molecule has 17 heavy (non-hydrogen) atoms. The van der Waals surface area contributed by atoms with Crippen molar-refractivity contribution in [3.05, 3.63) is 28.3 Å². The van der Waals surface area contributed by atoms with E-state index >= 15 is 0 Å². The van der Waals surface area contributed by atoms with Gasteiger partial charge in [0.05, 0.1) is 0 Å². The van der Waals surface area contributed by atoms with E-state index in [1.807, 2.05) is 21.0 Å². The first-order valence-electron chi connectivity index (χ1n) is 5.64. The molecule has 1 rings (SSSR count). The normalized spacial score (nSPS) is 11.6. The van der Waals surface area contributed by atoms with E-state index in [9.17, 15) is 5.11 Å². The van der Waals surface area contributed by atoms with Crippen LogP contribution in [-0.4, -0.2) is 43.4 Å². The van der Waals surface area contributed by atoms with E-state index in [4.69, 9.17) is 11.6 Å². The van der Waals surface area contributed by atoms with Crippen molar-refractivity contribution in [2.24, 2.45) is 4.99 Å². The van der Waals surface area contributed by atoms with Gasteiger partial charge in [0, 0.05) is 23.3 Å². The third kappa shape index (κ3) is 4.75. The Morgan fingerprint density at radius 3 is 2.76 bits per heavy atom. The van der Waals surface area contributed by atoms with E-state index in [1.165, 1.54) is 0 Å². The number of aromatic hydroxyl groups is 1. The molecule has 0 saturated carbocycles. The maximum atomic E-state index is 9.70. The Morgan fingerprint density at radius 1 is 1.41 bits per heavy atom. The average molecular weight is 255 g/mol. The Labute approximate surface area is 108 Å². The quantitative estimate of drug-likeness (QED) is 0.648. The van der Waals surface area contributed by atoms with Crippen molar-refractivity contribution in [1.29, 1.82) is 0 Å². The third-order valence-electron chi connectivity index (χ3n) is 2.43. The monoisotopic (exact) mass is 254 g/mol. The minimum atomic E-state index is 0.225. The van der Waals surface area contributed by atoms with Crippen LogP contribution in [0.3, 0.4) is 0 Å². The Bertz CT molecular complexity index is 403. The third-order valence-corrected chi connectivity index (χ3v) is 2.84. The molecule has 0 bridgehead atoms. The summed E-state index contributed by atoms with van der Waals surface area (Å²) in [5.41, 5.74) is 1.54. The molecule has 1 N–H and O–H groups in total. The number of rotatable bonds is 5. The first kappa shape index (κ1) is 14.0.